The van der Waals surface area contributed by atoms with E-state index in [2.05, 4.69) is 5.32 Å². The number of nitrogens with zero attached hydrogens (tertiary/aromatic N) is 1. The molecule has 10 heteroatoms. The minimum atomic E-state index is -1.61. The van der Waals surface area contributed by atoms with E-state index in [9.17, 15) is 27.7 Å². The average molecular weight is 493 g/mol. The van der Waals surface area contributed by atoms with Crippen LogP contribution in [0.2, 0.25) is 0 Å². The fraction of sp³-hybridized carbons (Fsp3) is 0.333. The maximum Gasteiger partial charge on any atom is 0.319 e. The largest absolute Gasteiger partial charge is 0.462 e. The Kier molecular flexibility index (Phi) is 7.83. The zero-order valence-electron chi connectivity index (χ0n) is 19.2. The van der Waals surface area contributed by atoms with Crippen LogP contribution in [0.25, 0.3) is 10.9 Å². The molecule has 0 aliphatic carbocycles. The topological polar surface area (TPSA) is 97.6 Å². The van der Waals surface area contributed by atoms with Crippen molar-refractivity contribution >= 4 is 33.6 Å². The van der Waals surface area contributed by atoms with Crippen LogP contribution in [-0.4, -0.2) is 44.2 Å². The van der Waals surface area contributed by atoms with Crippen molar-refractivity contribution in [2.45, 2.75) is 37.8 Å². The molecule has 0 spiro atoms. The van der Waals surface area contributed by atoms with Crippen LogP contribution >= 0.6 is 0 Å². The summed E-state index contributed by atoms with van der Waals surface area (Å²) < 4.78 is 47.1. The molecule has 2 aromatic carbocycles. The number of benzene rings is 2. The third-order valence-corrected chi connectivity index (χ3v) is 6.59. The van der Waals surface area contributed by atoms with E-state index in [1.54, 1.807) is 45.2 Å². The van der Waals surface area contributed by atoms with Crippen molar-refractivity contribution in [3.05, 3.63) is 64.9 Å². The van der Waals surface area contributed by atoms with Crippen molar-refractivity contribution in [1.82, 2.24) is 9.88 Å². The van der Waals surface area contributed by atoms with Gasteiger partial charge in [0.25, 0.3) is 5.91 Å². The van der Waals surface area contributed by atoms with Gasteiger partial charge in [-0.2, -0.15) is 0 Å². The molecule has 34 heavy (non-hydrogen) atoms. The molecular formula is C24H26F2N2O5S. The zero-order valence-corrected chi connectivity index (χ0v) is 20.0. The first kappa shape index (κ1) is 25.5. The number of hydrogen-bond donors (Lipinski definition) is 2. The first-order valence-electron chi connectivity index (χ1n) is 10.6. The van der Waals surface area contributed by atoms with Crippen molar-refractivity contribution in [3.63, 3.8) is 0 Å². The first-order valence-corrected chi connectivity index (χ1v) is 11.9. The summed E-state index contributed by atoms with van der Waals surface area (Å²) in [5, 5.41) is 12.5. The van der Waals surface area contributed by atoms with Crippen LogP contribution in [0.4, 0.5) is 8.78 Å². The van der Waals surface area contributed by atoms with Gasteiger partial charge in [-0.15, -0.1) is 0 Å². The number of aliphatic hydroxyl groups is 1. The quantitative estimate of drug-likeness (QED) is 0.471. The highest BCUT2D eigenvalue weighted by molar-refractivity contribution is 7.85. The molecule has 0 bridgehead atoms. The van der Waals surface area contributed by atoms with Gasteiger partial charge in [-0.1, -0.05) is 12.1 Å². The number of aromatic nitrogens is 1. The Morgan fingerprint density at radius 3 is 2.38 bits per heavy atom. The number of hydrogen-bond acceptors (Lipinski definition) is 5. The lowest BCUT2D eigenvalue weighted by molar-refractivity contribution is -0.144. The third-order valence-electron chi connectivity index (χ3n) is 5.29. The standard InChI is InChI=1S/C24H26F2N2O5S/c1-13(2)33-21(30)12-34(32)16-7-5-15(6-8-16)18(11-29)27-24(31)20-10-17-19(28(20)4)9-14(3)22(25)23(17)26/h5-10,13,18,29H,11-12H2,1-4H3,(H,27,31)/t18-,34-/m1/s1. The molecule has 1 heterocycles. The molecular weight excluding hydrogens is 466 g/mol. The van der Waals surface area contributed by atoms with Crippen LogP contribution in [-0.2, 0) is 27.4 Å². The molecule has 0 fully saturated rings. The molecule has 3 rings (SSSR count). The number of rotatable bonds is 8. The molecule has 3 aromatic rings. The summed E-state index contributed by atoms with van der Waals surface area (Å²) in [5.74, 6) is -3.42. The van der Waals surface area contributed by atoms with Gasteiger partial charge in [0.2, 0.25) is 0 Å². The number of amides is 1. The molecule has 182 valence electrons. The second-order valence-corrected chi connectivity index (χ2v) is 9.60. The Morgan fingerprint density at radius 1 is 1.15 bits per heavy atom. The van der Waals surface area contributed by atoms with Crippen molar-refractivity contribution in [3.8, 4) is 0 Å². The molecule has 0 radical (unpaired) electrons. The summed E-state index contributed by atoms with van der Waals surface area (Å²) in [7, 11) is -0.0402. The van der Waals surface area contributed by atoms with Crippen molar-refractivity contribution in [1.29, 1.82) is 0 Å². The van der Waals surface area contributed by atoms with E-state index in [-0.39, 0.29) is 28.5 Å². The lowest BCUT2D eigenvalue weighted by Gasteiger charge is -2.17. The smallest absolute Gasteiger partial charge is 0.319 e. The summed E-state index contributed by atoms with van der Waals surface area (Å²) in [6, 6.07) is 8.18. The van der Waals surface area contributed by atoms with Crippen LogP contribution < -0.4 is 5.32 Å². The minimum absolute atomic E-state index is 0.0147. The summed E-state index contributed by atoms with van der Waals surface area (Å²) >= 11 is 0. The minimum Gasteiger partial charge on any atom is -0.462 e. The number of carbonyl (C=O) groups is 2. The molecule has 0 unspecified atom stereocenters. The van der Waals surface area contributed by atoms with E-state index in [0.717, 1.165) is 0 Å². The van der Waals surface area contributed by atoms with E-state index in [0.29, 0.717) is 16.0 Å². The Bertz CT molecular complexity index is 1250. The van der Waals surface area contributed by atoms with E-state index in [4.69, 9.17) is 4.74 Å². The SMILES string of the molecule is Cc1cc2c(cc(C(=O)N[C@H](CO)c3ccc([S@](=O)CC(=O)OC(C)C)cc3)n2C)c(F)c1F. The number of fused-ring (bicyclic) bond motifs is 1. The highest BCUT2D eigenvalue weighted by atomic mass is 32.2. The van der Waals surface area contributed by atoms with Gasteiger partial charge in [0.1, 0.15) is 11.4 Å². The normalized spacial score (nSPS) is 13.2. The van der Waals surface area contributed by atoms with Gasteiger partial charge in [-0.3, -0.25) is 13.8 Å². The fourth-order valence-electron chi connectivity index (χ4n) is 3.55. The van der Waals surface area contributed by atoms with Gasteiger partial charge in [-0.05, 0) is 56.2 Å². The van der Waals surface area contributed by atoms with Crippen molar-refractivity contribution < 1.29 is 32.4 Å². The average Bonchev–Trinajstić information content (AvgIpc) is 3.11. The van der Waals surface area contributed by atoms with Crippen LogP contribution in [0.15, 0.2) is 41.3 Å². The monoisotopic (exact) mass is 492 g/mol. The summed E-state index contributed by atoms with van der Waals surface area (Å²) in [5.41, 5.74) is 1.12. The van der Waals surface area contributed by atoms with Gasteiger partial charge in [0, 0.05) is 17.3 Å². The number of esters is 1. The maximum atomic E-state index is 14.3. The Hall–Kier alpha value is -3.11. The number of aryl methyl sites for hydroxylation is 2. The molecule has 0 aliphatic rings. The van der Waals surface area contributed by atoms with E-state index >= 15 is 0 Å². The molecule has 2 atom stereocenters. The Balaban J connectivity index is 1.77. The molecule has 0 saturated carbocycles. The molecule has 7 nitrogen and oxygen atoms in total. The van der Waals surface area contributed by atoms with Crippen LogP contribution in [0.3, 0.4) is 0 Å². The van der Waals surface area contributed by atoms with Gasteiger partial charge >= 0.3 is 5.97 Å². The summed E-state index contributed by atoms with van der Waals surface area (Å²) in [6.07, 6.45) is -0.304. The van der Waals surface area contributed by atoms with Gasteiger partial charge in [-0.25, -0.2) is 8.78 Å². The molecule has 2 N–H and O–H groups in total. The lowest BCUT2D eigenvalue weighted by atomic mass is 10.1. The lowest BCUT2D eigenvalue weighted by Crippen LogP contribution is -2.32. The van der Waals surface area contributed by atoms with Crippen LogP contribution in [0.1, 0.15) is 41.5 Å². The molecule has 0 aliphatic heterocycles. The highest BCUT2D eigenvalue weighted by Crippen LogP contribution is 2.27. The number of nitrogens with one attached hydrogen (secondary N) is 1. The Morgan fingerprint density at radius 2 is 1.79 bits per heavy atom. The Labute approximate surface area is 198 Å². The summed E-state index contributed by atoms with van der Waals surface area (Å²) in [6.45, 7) is 4.41. The molecule has 0 saturated heterocycles. The zero-order chi connectivity index (χ0) is 25.2. The molecule has 1 amide bonds. The van der Waals surface area contributed by atoms with Crippen LogP contribution in [0, 0.1) is 18.6 Å². The highest BCUT2D eigenvalue weighted by Gasteiger charge is 2.22. The van der Waals surface area contributed by atoms with Gasteiger partial charge in [0.15, 0.2) is 11.6 Å². The van der Waals surface area contributed by atoms with Crippen molar-refractivity contribution in [2.24, 2.45) is 7.05 Å². The predicted molar refractivity (Wildman–Crippen MR) is 124 cm³/mol. The first-order chi connectivity index (χ1) is 16.0. The second kappa shape index (κ2) is 10.4. The van der Waals surface area contributed by atoms with Crippen molar-refractivity contribution in [2.75, 3.05) is 12.4 Å². The summed E-state index contributed by atoms with van der Waals surface area (Å²) in [4.78, 5) is 25.0. The van der Waals surface area contributed by atoms with E-state index in [1.807, 2.05) is 0 Å². The fourth-order valence-corrected chi connectivity index (χ4v) is 4.44. The van der Waals surface area contributed by atoms with Crippen LogP contribution in [0.5, 0.6) is 0 Å². The number of ether oxygens (including phenoxy) is 1. The third kappa shape index (κ3) is 5.34. The molecule has 1 aromatic heterocycles. The van der Waals surface area contributed by atoms with Gasteiger partial charge in [0.05, 0.1) is 35.1 Å². The number of aliphatic hydroxyl groups excluding tert-OH is 1. The van der Waals surface area contributed by atoms with E-state index < -0.39 is 47.0 Å². The van der Waals surface area contributed by atoms with Gasteiger partial charge < -0.3 is 19.7 Å². The number of halogens is 2. The number of carbonyl (C=O) groups excluding carboxylic acids is 2. The predicted octanol–water partition coefficient (Wildman–Crippen LogP) is 3.29. The second-order valence-electron chi connectivity index (χ2n) is 8.15. The maximum absolute atomic E-state index is 14.3. The van der Waals surface area contributed by atoms with E-state index in [1.165, 1.54) is 23.6 Å².